The summed E-state index contributed by atoms with van der Waals surface area (Å²) in [5.41, 5.74) is 7.29. The number of benzene rings is 5. The van der Waals surface area contributed by atoms with Crippen molar-refractivity contribution in [3.8, 4) is 0 Å². The Labute approximate surface area is 247 Å². The lowest BCUT2D eigenvalue weighted by Crippen LogP contribution is -2.46. The molecule has 5 aromatic carbocycles. The topological polar surface area (TPSA) is 17.8 Å². The lowest BCUT2D eigenvalue weighted by atomic mass is 9.92. The Kier molecular flexibility index (Phi) is 9.25. The molecule has 0 aliphatic carbocycles. The molecule has 4 heteroatoms. The van der Waals surface area contributed by atoms with Gasteiger partial charge in [0.1, 0.15) is 7.85 Å². The SMILES string of the molecule is Cc1ccc([SiH2]C(c2ccccc2)(c2ccccc2)n2ccnc2)cc1.[B]C=C(c1ccccc1)c1ccccc1. The van der Waals surface area contributed by atoms with E-state index >= 15 is 0 Å². The second kappa shape index (κ2) is 13.6. The van der Waals surface area contributed by atoms with Crippen molar-refractivity contribution in [1.82, 2.24) is 9.55 Å². The molecule has 2 radical (unpaired) electrons. The minimum atomic E-state index is -0.763. The van der Waals surface area contributed by atoms with Crippen LogP contribution in [0, 0.1) is 6.92 Å². The lowest BCUT2D eigenvalue weighted by Gasteiger charge is -2.37. The zero-order valence-electron chi connectivity index (χ0n) is 23.3. The molecule has 6 rings (SSSR count). The van der Waals surface area contributed by atoms with Gasteiger partial charge >= 0.3 is 0 Å². The van der Waals surface area contributed by atoms with Gasteiger partial charge in [-0.05, 0) is 34.8 Å². The third-order valence-corrected chi connectivity index (χ3v) is 9.94. The fourth-order valence-electron chi connectivity index (χ4n) is 5.27. The average molecular weight is 545 g/mol. The predicted molar refractivity (Wildman–Crippen MR) is 176 cm³/mol. The Morgan fingerprint density at radius 3 is 1.54 bits per heavy atom. The fraction of sp³-hybridized carbons (Fsp3) is 0.0541. The van der Waals surface area contributed by atoms with E-state index in [4.69, 9.17) is 7.85 Å². The minimum absolute atomic E-state index is 0.200. The van der Waals surface area contributed by atoms with Crippen LogP contribution in [0.1, 0.15) is 27.8 Å². The minimum Gasteiger partial charge on any atom is -0.326 e. The molecule has 0 saturated heterocycles. The molecule has 1 aromatic heterocycles. The first kappa shape index (κ1) is 27.9. The van der Waals surface area contributed by atoms with E-state index in [1.54, 1.807) is 5.98 Å². The molecule has 41 heavy (non-hydrogen) atoms. The van der Waals surface area contributed by atoms with E-state index in [1.807, 2.05) is 48.9 Å². The largest absolute Gasteiger partial charge is 0.326 e. The van der Waals surface area contributed by atoms with Crippen LogP contribution in [-0.2, 0) is 5.16 Å². The summed E-state index contributed by atoms with van der Waals surface area (Å²) in [7, 11) is 4.91. The van der Waals surface area contributed by atoms with Crippen LogP contribution in [0.15, 0.2) is 170 Å². The van der Waals surface area contributed by atoms with Crippen LogP contribution in [0.25, 0.3) is 5.57 Å². The van der Waals surface area contributed by atoms with E-state index in [2.05, 4.69) is 132 Å². The van der Waals surface area contributed by atoms with Gasteiger partial charge in [0.2, 0.25) is 0 Å². The van der Waals surface area contributed by atoms with Gasteiger partial charge in [-0.25, -0.2) is 4.98 Å². The van der Waals surface area contributed by atoms with Crippen LogP contribution >= 0.6 is 0 Å². The summed E-state index contributed by atoms with van der Waals surface area (Å²) in [6.07, 6.45) is 5.94. The highest BCUT2D eigenvalue weighted by Gasteiger charge is 2.36. The number of hydrogen-bond acceptors (Lipinski definition) is 1. The highest BCUT2D eigenvalue weighted by atomic mass is 28.2. The predicted octanol–water partition coefficient (Wildman–Crippen LogP) is 6.68. The highest BCUT2D eigenvalue weighted by molar-refractivity contribution is 6.57. The van der Waals surface area contributed by atoms with Crippen molar-refractivity contribution >= 4 is 28.1 Å². The number of imidazole rings is 1. The van der Waals surface area contributed by atoms with Crippen molar-refractivity contribution in [3.05, 3.63) is 198 Å². The van der Waals surface area contributed by atoms with Gasteiger partial charge in [-0.2, -0.15) is 0 Å². The maximum atomic E-state index is 5.67. The van der Waals surface area contributed by atoms with Crippen molar-refractivity contribution in [3.63, 3.8) is 0 Å². The fourth-order valence-corrected chi connectivity index (χ4v) is 7.58. The van der Waals surface area contributed by atoms with Crippen molar-refractivity contribution in [2.24, 2.45) is 0 Å². The number of aryl methyl sites for hydroxylation is 1. The third kappa shape index (κ3) is 6.56. The molecule has 0 atom stereocenters. The lowest BCUT2D eigenvalue weighted by molar-refractivity contribution is 0.596. The van der Waals surface area contributed by atoms with Crippen molar-refractivity contribution < 1.29 is 0 Å². The molecular formula is C37H33BN2Si. The molecule has 0 amide bonds. The van der Waals surface area contributed by atoms with Crippen LogP contribution in [-0.4, -0.2) is 26.9 Å². The van der Waals surface area contributed by atoms with Crippen LogP contribution in [0.2, 0.25) is 0 Å². The molecule has 0 unspecified atom stereocenters. The van der Waals surface area contributed by atoms with Gasteiger partial charge in [0.15, 0.2) is 0 Å². The zero-order valence-corrected chi connectivity index (χ0v) is 24.8. The van der Waals surface area contributed by atoms with Crippen molar-refractivity contribution in [2.75, 3.05) is 0 Å². The van der Waals surface area contributed by atoms with Crippen molar-refractivity contribution in [1.29, 1.82) is 0 Å². The molecule has 0 aliphatic rings. The summed E-state index contributed by atoms with van der Waals surface area (Å²) >= 11 is 0. The molecule has 1 heterocycles. The summed E-state index contributed by atoms with van der Waals surface area (Å²) in [6, 6.07) is 51.0. The molecular weight excluding hydrogens is 511 g/mol. The van der Waals surface area contributed by atoms with Gasteiger partial charge in [0, 0.05) is 12.4 Å². The number of rotatable bonds is 7. The number of nitrogens with zero attached hydrogens (tertiary/aromatic N) is 2. The van der Waals surface area contributed by atoms with Crippen molar-refractivity contribution in [2.45, 2.75) is 12.1 Å². The van der Waals surface area contributed by atoms with E-state index in [0.29, 0.717) is 0 Å². The summed E-state index contributed by atoms with van der Waals surface area (Å²) < 4.78 is 2.30. The smallest absolute Gasteiger partial charge is 0.103 e. The first-order valence-electron chi connectivity index (χ1n) is 13.9. The summed E-state index contributed by atoms with van der Waals surface area (Å²) in [4.78, 5) is 4.38. The van der Waals surface area contributed by atoms with Gasteiger partial charge in [0.05, 0.1) is 21.0 Å². The van der Waals surface area contributed by atoms with Crippen LogP contribution in [0.3, 0.4) is 0 Å². The molecule has 198 valence electrons. The molecule has 0 aliphatic heterocycles. The van der Waals surface area contributed by atoms with Gasteiger partial charge < -0.3 is 4.57 Å². The van der Waals surface area contributed by atoms with Crippen LogP contribution in [0.4, 0.5) is 0 Å². The first-order valence-corrected chi connectivity index (χ1v) is 15.3. The maximum absolute atomic E-state index is 5.67. The van der Waals surface area contributed by atoms with Gasteiger partial charge in [-0.15, -0.1) is 5.98 Å². The average Bonchev–Trinajstić information content (AvgIpc) is 3.59. The Morgan fingerprint density at radius 2 is 1.12 bits per heavy atom. The molecule has 0 spiro atoms. The van der Waals surface area contributed by atoms with E-state index in [-0.39, 0.29) is 5.16 Å². The van der Waals surface area contributed by atoms with Gasteiger partial charge in [-0.3, -0.25) is 0 Å². The summed E-state index contributed by atoms with van der Waals surface area (Å²) in [5.74, 6) is 1.66. The molecule has 0 N–H and O–H groups in total. The van der Waals surface area contributed by atoms with Gasteiger partial charge in [-0.1, -0.05) is 156 Å². The van der Waals surface area contributed by atoms with Crippen LogP contribution in [0.5, 0.6) is 0 Å². The second-order valence-electron chi connectivity index (χ2n) is 10.0. The summed E-state index contributed by atoms with van der Waals surface area (Å²) in [6.45, 7) is 2.14. The number of aromatic nitrogens is 2. The Balaban J connectivity index is 0.000000191. The van der Waals surface area contributed by atoms with E-state index in [9.17, 15) is 0 Å². The van der Waals surface area contributed by atoms with E-state index in [0.717, 1.165) is 16.7 Å². The molecule has 0 bridgehead atoms. The second-order valence-corrected chi connectivity index (χ2v) is 12.2. The standard InChI is InChI=1S/C23H22N2Si.C14H11B/c1-19-12-14-22(15-13-19)26-23(25-17-16-24-18-25,20-8-4-2-5-9-20)21-10-6-3-7-11-21;15-11-14(12-7-3-1-4-8-12)13-9-5-2-6-10-13/h2-18H,26H2,1H3;1-11H. The Hall–Kier alpha value is -4.67. The molecule has 2 nitrogen and oxygen atoms in total. The maximum Gasteiger partial charge on any atom is 0.103 e. The molecule has 0 saturated carbocycles. The van der Waals surface area contributed by atoms with E-state index < -0.39 is 9.52 Å². The van der Waals surface area contributed by atoms with Gasteiger partial charge in [0.25, 0.3) is 0 Å². The third-order valence-electron chi connectivity index (χ3n) is 7.36. The Bertz CT molecular complexity index is 1550. The quantitative estimate of drug-likeness (QED) is 0.205. The van der Waals surface area contributed by atoms with E-state index in [1.165, 1.54) is 21.9 Å². The Morgan fingerprint density at radius 1 is 0.659 bits per heavy atom. The monoisotopic (exact) mass is 544 g/mol. The van der Waals surface area contributed by atoms with Crippen LogP contribution < -0.4 is 5.19 Å². The number of hydrogen-bond donors (Lipinski definition) is 0. The molecule has 0 fully saturated rings. The molecule has 6 aromatic rings. The first-order chi connectivity index (χ1) is 20.2. The zero-order chi connectivity index (χ0) is 28.3. The highest BCUT2D eigenvalue weighted by Crippen LogP contribution is 2.33. The summed E-state index contributed by atoms with van der Waals surface area (Å²) in [5, 5.41) is 1.24. The normalized spacial score (nSPS) is 11.0.